The van der Waals surface area contributed by atoms with E-state index in [-0.39, 0.29) is 0 Å². The summed E-state index contributed by atoms with van der Waals surface area (Å²) in [5.74, 6) is 0.707. The molecule has 4 heteroatoms. The number of aromatic nitrogens is 1. The predicted octanol–water partition coefficient (Wildman–Crippen LogP) is 3.16. The van der Waals surface area contributed by atoms with E-state index in [2.05, 4.69) is 4.98 Å². The summed E-state index contributed by atoms with van der Waals surface area (Å²) in [6.07, 6.45) is -0.675. The molecule has 96 valence electrons. The van der Waals surface area contributed by atoms with Gasteiger partial charge in [-0.15, -0.1) is 11.3 Å². The summed E-state index contributed by atoms with van der Waals surface area (Å²) in [4.78, 5) is 5.24. The SMILES string of the molecule is COc1ccc(C)cc1C(O)c1sc(C)nc1C. The van der Waals surface area contributed by atoms with Gasteiger partial charge < -0.3 is 9.84 Å². The maximum absolute atomic E-state index is 10.5. The van der Waals surface area contributed by atoms with Crippen molar-refractivity contribution >= 4 is 11.3 Å². The van der Waals surface area contributed by atoms with Gasteiger partial charge in [0.25, 0.3) is 0 Å². The second kappa shape index (κ2) is 5.08. The van der Waals surface area contributed by atoms with Crippen LogP contribution < -0.4 is 4.74 Å². The van der Waals surface area contributed by atoms with Crippen LogP contribution in [0.5, 0.6) is 5.75 Å². The van der Waals surface area contributed by atoms with Crippen LogP contribution in [0.25, 0.3) is 0 Å². The molecular formula is C14H17NO2S. The largest absolute Gasteiger partial charge is 0.496 e. The molecular weight excluding hydrogens is 246 g/mol. The van der Waals surface area contributed by atoms with Crippen LogP contribution in [0.3, 0.4) is 0 Å². The number of hydrogen-bond acceptors (Lipinski definition) is 4. The third kappa shape index (κ3) is 2.40. The lowest BCUT2D eigenvalue weighted by atomic mass is 10.0. The molecule has 1 aromatic heterocycles. The number of aliphatic hydroxyl groups excluding tert-OH is 1. The summed E-state index contributed by atoms with van der Waals surface area (Å²) in [5.41, 5.74) is 2.78. The van der Waals surface area contributed by atoms with E-state index in [0.29, 0.717) is 5.75 Å². The lowest BCUT2D eigenvalue weighted by molar-refractivity contribution is 0.217. The Balaban J connectivity index is 2.48. The fourth-order valence-corrected chi connectivity index (χ4v) is 2.94. The molecule has 0 bridgehead atoms. The number of benzene rings is 1. The van der Waals surface area contributed by atoms with E-state index in [9.17, 15) is 5.11 Å². The van der Waals surface area contributed by atoms with Crippen molar-refractivity contribution in [3.05, 3.63) is 44.9 Å². The molecule has 2 rings (SSSR count). The Kier molecular flexibility index (Phi) is 3.68. The first-order valence-corrected chi connectivity index (χ1v) is 6.61. The van der Waals surface area contributed by atoms with Gasteiger partial charge in [-0.25, -0.2) is 4.98 Å². The van der Waals surface area contributed by atoms with Gasteiger partial charge in [0, 0.05) is 5.56 Å². The molecule has 1 unspecified atom stereocenters. The molecule has 0 aliphatic rings. The van der Waals surface area contributed by atoms with Crippen LogP contribution in [0.15, 0.2) is 18.2 Å². The number of nitrogens with zero attached hydrogens (tertiary/aromatic N) is 1. The Bertz CT molecular complexity index is 563. The van der Waals surface area contributed by atoms with Crippen LogP contribution in [-0.2, 0) is 0 Å². The second-order valence-electron chi connectivity index (χ2n) is 4.33. The minimum absolute atomic E-state index is 0.675. The van der Waals surface area contributed by atoms with Gasteiger partial charge >= 0.3 is 0 Å². The van der Waals surface area contributed by atoms with Gasteiger partial charge in [0.2, 0.25) is 0 Å². The Labute approximate surface area is 111 Å². The average Bonchev–Trinajstić information content (AvgIpc) is 2.67. The van der Waals surface area contributed by atoms with E-state index in [1.165, 1.54) is 11.3 Å². The molecule has 1 atom stereocenters. The first-order chi connectivity index (χ1) is 8.52. The molecule has 3 nitrogen and oxygen atoms in total. The van der Waals surface area contributed by atoms with Gasteiger partial charge in [0.1, 0.15) is 11.9 Å². The zero-order chi connectivity index (χ0) is 13.3. The number of aliphatic hydroxyl groups is 1. The van der Waals surface area contributed by atoms with Crippen molar-refractivity contribution in [1.82, 2.24) is 4.98 Å². The lowest BCUT2D eigenvalue weighted by Gasteiger charge is -2.14. The minimum atomic E-state index is -0.675. The molecule has 2 aromatic rings. The van der Waals surface area contributed by atoms with Crippen molar-refractivity contribution in [3.8, 4) is 5.75 Å². The summed E-state index contributed by atoms with van der Waals surface area (Å²) in [5, 5.41) is 11.5. The zero-order valence-corrected chi connectivity index (χ0v) is 11.8. The first kappa shape index (κ1) is 13.1. The highest BCUT2D eigenvalue weighted by molar-refractivity contribution is 7.11. The van der Waals surface area contributed by atoms with Crippen LogP contribution in [0.1, 0.15) is 32.8 Å². The van der Waals surface area contributed by atoms with E-state index in [4.69, 9.17) is 4.74 Å². The van der Waals surface area contributed by atoms with Crippen molar-refractivity contribution in [2.75, 3.05) is 7.11 Å². The topological polar surface area (TPSA) is 42.4 Å². The average molecular weight is 263 g/mol. The van der Waals surface area contributed by atoms with Gasteiger partial charge in [0.05, 0.1) is 22.7 Å². The van der Waals surface area contributed by atoms with Gasteiger partial charge in [-0.2, -0.15) is 0 Å². The molecule has 0 aliphatic carbocycles. The number of hydrogen-bond donors (Lipinski definition) is 1. The van der Waals surface area contributed by atoms with Gasteiger partial charge in [-0.05, 0) is 32.9 Å². The molecule has 0 spiro atoms. The Morgan fingerprint density at radius 2 is 2.00 bits per heavy atom. The standard InChI is InChI=1S/C14H17NO2S/c1-8-5-6-12(17-4)11(7-8)13(16)14-9(2)15-10(3)18-14/h5-7,13,16H,1-4H3. The van der Waals surface area contributed by atoms with Crippen molar-refractivity contribution in [1.29, 1.82) is 0 Å². The Morgan fingerprint density at radius 1 is 1.28 bits per heavy atom. The third-order valence-corrected chi connectivity index (χ3v) is 3.99. The third-order valence-electron chi connectivity index (χ3n) is 2.87. The molecule has 0 aliphatic heterocycles. The molecule has 0 amide bonds. The highest BCUT2D eigenvalue weighted by atomic mass is 32.1. The number of thiazole rings is 1. The highest BCUT2D eigenvalue weighted by Gasteiger charge is 2.20. The predicted molar refractivity (Wildman–Crippen MR) is 73.4 cm³/mol. The molecule has 0 saturated heterocycles. The van der Waals surface area contributed by atoms with Crippen LogP contribution in [0.2, 0.25) is 0 Å². The van der Waals surface area contributed by atoms with Crippen LogP contribution in [-0.4, -0.2) is 17.2 Å². The molecule has 1 aromatic carbocycles. The smallest absolute Gasteiger partial charge is 0.125 e. The van der Waals surface area contributed by atoms with Crippen molar-refractivity contribution in [2.24, 2.45) is 0 Å². The van der Waals surface area contributed by atoms with E-state index < -0.39 is 6.10 Å². The molecule has 1 N–H and O–H groups in total. The number of methoxy groups -OCH3 is 1. The maximum Gasteiger partial charge on any atom is 0.125 e. The van der Waals surface area contributed by atoms with Gasteiger partial charge in [-0.1, -0.05) is 11.6 Å². The Hall–Kier alpha value is -1.39. The van der Waals surface area contributed by atoms with Crippen molar-refractivity contribution in [2.45, 2.75) is 26.9 Å². The zero-order valence-electron chi connectivity index (χ0n) is 11.0. The molecule has 0 radical (unpaired) electrons. The van der Waals surface area contributed by atoms with Gasteiger partial charge in [-0.3, -0.25) is 0 Å². The van der Waals surface area contributed by atoms with E-state index in [1.54, 1.807) is 7.11 Å². The normalized spacial score (nSPS) is 12.5. The molecule has 1 heterocycles. The minimum Gasteiger partial charge on any atom is -0.496 e. The monoisotopic (exact) mass is 263 g/mol. The maximum atomic E-state index is 10.5. The summed E-state index contributed by atoms with van der Waals surface area (Å²) in [6, 6.07) is 5.81. The molecule has 0 fully saturated rings. The summed E-state index contributed by atoms with van der Waals surface area (Å²) in [7, 11) is 1.62. The van der Waals surface area contributed by atoms with E-state index >= 15 is 0 Å². The van der Waals surface area contributed by atoms with Crippen LogP contribution in [0, 0.1) is 20.8 Å². The molecule has 18 heavy (non-hydrogen) atoms. The Morgan fingerprint density at radius 3 is 2.56 bits per heavy atom. The van der Waals surface area contributed by atoms with Crippen LogP contribution in [0.4, 0.5) is 0 Å². The number of rotatable bonds is 3. The van der Waals surface area contributed by atoms with Gasteiger partial charge in [0.15, 0.2) is 0 Å². The summed E-state index contributed by atoms with van der Waals surface area (Å²) >= 11 is 1.53. The van der Waals surface area contributed by atoms with Crippen LogP contribution >= 0.6 is 11.3 Å². The molecule has 0 saturated carbocycles. The number of aryl methyl sites for hydroxylation is 3. The number of ether oxygens (including phenoxy) is 1. The summed E-state index contributed by atoms with van der Waals surface area (Å²) in [6.45, 7) is 5.87. The second-order valence-corrected chi connectivity index (χ2v) is 5.57. The highest BCUT2D eigenvalue weighted by Crippen LogP contribution is 2.35. The van der Waals surface area contributed by atoms with Crippen molar-refractivity contribution < 1.29 is 9.84 Å². The van der Waals surface area contributed by atoms with Crippen molar-refractivity contribution in [3.63, 3.8) is 0 Å². The fraction of sp³-hybridized carbons (Fsp3) is 0.357. The summed E-state index contributed by atoms with van der Waals surface area (Å²) < 4.78 is 5.31. The first-order valence-electron chi connectivity index (χ1n) is 5.79. The van der Waals surface area contributed by atoms with E-state index in [1.807, 2.05) is 39.0 Å². The lowest BCUT2D eigenvalue weighted by Crippen LogP contribution is -2.02. The quantitative estimate of drug-likeness (QED) is 0.925. The van der Waals surface area contributed by atoms with E-state index in [0.717, 1.165) is 26.7 Å². The fourth-order valence-electron chi connectivity index (χ4n) is 2.01.